The molecule has 2 fully saturated rings. The van der Waals surface area contributed by atoms with Crippen LogP contribution in [0, 0.1) is 13.8 Å². The zero-order valence-electron chi connectivity index (χ0n) is 21.5. The fourth-order valence-corrected chi connectivity index (χ4v) is 5.39. The molecule has 0 aliphatic carbocycles. The monoisotopic (exact) mass is 486 g/mol. The first-order valence-corrected chi connectivity index (χ1v) is 12.7. The average Bonchev–Trinajstić information content (AvgIpc) is 3.29. The van der Waals surface area contributed by atoms with E-state index in [1.54, 1.807) is 6.07 Å². The van der Waals surface area contributed by atoms with Crippen LogP contribution in [-0.4, -0.2) is 64.3 Å². The molecule has 36 heavy (non-hydrogen) atoms. The summed E-state index contributed by atoms with van der Waals surface area (Å²) in [6.07, 6.45) is 3.77. The molecule has 2 aliphatic rings. The van der Waals surface area contributed by atoms with Crippen molar-refractivity contribution in [2.75, 3.05) is 40.9 Å². The summed E-state index contributed by atoms with van der Waals surface area (Å²) >= 11 is 0. The topological polar surface area (TPSA) is 85.7 Å². The minimum atomic E-state index is -0.952. The number of benzene rings is 1. The molecule has 8 heteroatoms. The molecule has 188 valence electrons. The van der Waals surface area contributed by atoms with Gasteiger partial charge in [-0.15, -0.1) is 0 Å². The van der Waals surface area contributed by atoms with Crippen molar-refractivity contribution in [3.63, 3.8) is 0 Å². The van der Waals surface area contributed by atoms with Gasteiger partial charge >= 0.3 is 5.97 Å². The predicted octanol–water partition coefficient (Wildman–Crippen LogP) is 4.56. The van der Waals surface area contributed by atoms with Crippen LogP contribution in [0.25, 0.3) is 11.3 Å². The molecule has 8 nitrogen and oxygen atoms in total. The lowest BCUT2D eigenvalue weighted by Crippen LogP contribution is -2.53. The van der Waals surface area contributed by atoms with Crippen LogP contribution in [0.15, 0.2) is 42.6 Å². The van der Waals surface area contributed by atoms with Crippen molar-refractivity contribution in [3.05, 3.63) is 59.3 Å². The van der Waals surface area contributed by atoms with Crippen LogP contribution >= 0.6 is 0 Å². The highest BCUT2D eigenvalue weighted by Crippen LogP contribution is 2.31. The summed E-state index contributed by atoms with van der Waals surface area (Å²) in [6, 6.07) is 12.9. The number of piperazine rings is 1. The molecule has 0 bridgehead atoms. The van der Waals surface area contributed by atoms with Gasteiger partial charge in [-0.2, -0.15) is 4.98 Å². The van der Waals surface area contributed by atoms with E-state index in [0.29, 0.717) is 6.04 Å². The van der Waals surface area contributed by atoms with Gasteiger partial charge in [0, 0.05) is 56.1 Å². The normalized spacial score (nSPS) is 20.2. The van der Waals surface area contributed by atoms with Crippen LogP contribution < -0.4 is 14.7 Å². The van der Waals surface area contributed by atoms with E-state index >= 15 is 0 Å². The maximum atomic E-state index is 11.3. The molecule has 0 spiro atoms. The molecule has 2 unspecified atom stereocenters. The van der Waals surface area contributed by atoms with Crippen molar-refractivity contribution in [2.24, 2.45) is 0 Å². The van der Waals surface area contributed by atoms with E-state index in [9.17, 15) is 9.90 Å². The number of aryl methyl sites for hydroxylation is 2. The first-order chi connectivity index (χ1) is 17.3. The van der Waals surface area contributed by atoms with Crippen LogP contribution in [0.2, 0.25) is 0 Å². The van der Waals surface area contributed by atoms with E-state index in [2.05, 4.69) is 70.8 Å². The second-order valence-corrected chi connectivity index (χ2v) is 10.1. The Hall–Kier alpha value is -3.68. The van der Waals surface area contributed by atoms with Gasteiger partial charge in [0.1, 0.15) is 11.6 Å². The highest BCUT2D eigenvalue weighted by molar-refractivity contribution is 5.87. The third-order valence-electron chi connectivity index (χ3n) is 7.34. The third kappa shape index (κ3) is 4.72. The highest BCUT2D eigenvalue weighted by Gasteiger charge is 2.29. The Kier molecular flexibility index (Phi) is 6.51. The Morgan fingerprint density at radius 3 is 2.50 bits per heavy atom. The highest BCUT2D eigenvalue weighted by atomic mass is 16.4. The molecule has 1 N–H and O–H groups in total. The molecule has 4 heterocycles. The number of carboxylic acid groups (broad SMARTS) is 1. The van der Waals surface area contributed by atoms with Gasteiger partial charge in [-0.1, -0.05) is 23.8 Å². The van der Waals surface area contributed by atoms with E-state index in [4.69, 9.17) is 9.97 Å². The molecule has 1 aromatic carbocycles. The lowest BCUT2D eigenvalue weighted by molar-refractivity contribution is 0.0696. The predicted molar refractivity (Wildman–Crippen MR) is 143 cm³/mol. The number of carbonyl (C=O) groups is 1. The van der Waals surface area contributed by atoms with Gasteiger partial charge in [0.25, 0.3) is 0 Å². The SMILES string of the molecule is Cc1cccc(-c2cc(N3CCN(c4ncc(C(=O)O)cc4C)CC3C)nc(N3CCCC3C)n2)c1. The maximum Gasteiger partial charge on any atom is 0.337 e. The number of carboxylic acids is 1. The largest absolute Gasteiger partial charge is 0.478 e. The van der Waals surface area contributed by atoms with E-state index < -0.39 is 5.97 Å². The Morgan fingerprint density at radius 1 is 1.00 bits per heavy atom. The Balaban J connectivity index is 1.45. The van der Waals surface area contributed by atoms with Crippen molar-refractivity contribution >= 4 is 23.6 Å². The number of aromatic carboxylic acids is 1. The second-order valence-electron chi connectivity index (χ2n) is 10.1. The van der Waals surface area contributed by atoms with Gasteiger partial charge in [-0.25, -0.2) is 14.8 Å². The first kappa shape index (κ1) is 24.0. The molecule has 2 atom stereocenters. The van der Waals surface area contributed by atoms with Crippen molar-refractivity contribution < 1.29 is 9.90 Å². The lowest BCUT2D eigenvalue weighted by Gasteiger charge is -2.41. The van der Waals surface area contributed by atoms with Crippen molar-refractivity contribution in [3.8, 4) is 11.3 Å². The van der Waals surface area contributed by atoms with Gasteiger partial charge in [0.05, 0.1) is 11.3 Å². The number of hydrogen-bond donors (Lipinski definition) is 1. The number of aromatic nitrogens is 3. The number of hydrogen-bond acceptors (Lipinski definition) is 7. The summed E-state index contributed by atoms with van der Waals surface area (Å²) in [7, 11) is 0. The number of pyridine rings is 1. The van der Waals surface area contributed by atoms with E-state index in [1.165, 1.54) is 11.8 Å². The third-order valence-corrected chi connectivity index (χ3v) is 7.34. The Morgan fingerprint density at radius 2 is 1.83 bits per heavy atom. The fraction of sp³-hybridized carbons (Fsp3) is 0.429. The van der Waals surface area contributed by atoms with Gasteiger partial charge in [-0.05, 0) is 58.2 Å². The van der Waals surface area contributed by atoms with Crippen molar-refractivity contribution in [1.82, 2.24) is 15.0 Å². The van der Waals surface area contributed by atoms with Gasteiger partial charge in [-0.3, -0.25) is 0 Å². The van der Waals surface area contributed by atoms with Crippen LogP contribution in [0.1, 0.15) is 48.2 Å². The quantitative estimate of drug-likeness (QED) is 0.562. The summed E-state index contributed by atoms with van der Waals surface area (Å²) in [5.41, 5.74) is 4.37. The first-order valence-electron chi connectivity index (χ1n) is 12.7. The second kappa shape index (κ2) is 9.76. The summed E-state index contributed by atoms with van der Waals surface area (Å²) in [5, 5.41) is 9.27. The molecule has 2 saturated heterocycles. The van der Waals surface area contributed by atoms with Crippen molar-refractivity contribution in [1.29, 1.82) is 0 Å². The fourth-order valence-electron chi connectivity index (χ4n) is 5.39. The van der Waals surface area contributed by atoms with Crippen LogP contribution in [0.5, 0.6) is 0 Å². The maximum absolute atomic E-state index is 11.3. The molecule has 2 aliphatic heterocycles. The van der Waals surface area contributed by atoms with Gasteiger partial charge < -0.3 is 19.8 Å². The number of rotatable bonds is 5. The molecule has 0 radical (unpaired) electrons. The minimum Gasteiger partial charge on any atom is -0.478 e. The molecular formula is C28H34N6O2. The van der Waals surface area contributed by atoms with Crippen LogP contribution in [0.3, 0.4) is 0 Å². The van der Waals surface area contributed by atoms with Gasteiger partial charge in [0.2, 0.25) is 5.95 Å². The molecule has 0 amide bonds. The summed E-state index contributed by atoms with van der Waals surface area (Å²) in [4.78, 5) is 32.8. The number of anilines is 3. The van der Waals surface area contributed by atoms with E-state index in [-0.39, 0.29) is 11.6 Å². The smallest absolute Gasteiger partial charge is 0.337 e. The van der Waals surface area contributed by atoms with Crippen LogP contribution in [0.4, 0.5) is 17.6 Å². The summed E-state index contributed by atoms with van der Waals surface area (Å²) in [5.74, 6) is 1.66. The summed E-state index contributed by atoms with van der Waals surface area (Å²) in [6.45, 7) is 11.8. The zero-order chi connectivity index (χ0) is 25.4. The average molecular weight is 487 g/mol. The summed E-state index contributed by atoms with van der Waals surface area (Å²) < 4.78 is 0. The Bertz CT molecular complexity index is 1280. The zero-order valence-corrected chi connectivity index (χ0v) is 21.5. The number of nitrogens with zero attached hydrogens (tertiary/aromatic N) is 6. The van der Waals surface area contributed by atoms with E-state index in [1.807, 2.05) is 6.92 Å². The molecule has 2 aromatic heterocycles. The Labute approximate surface area is 212 Å². The minimum absolute atomic E-state index is 0.197. The lowest BCUT2D eigenvalue weighted by atomic mass is 10.1. The van der Waals surface area contributed by atoms with E-state index in [0.717, 1.165) is 73.4 Å². The van der Waals surface area contributed by atoms with Crippen LogP contribution in [-0.2, 0) is 0 Å². The molecular weight excluding hydrogens is 452 g/mol. The van der Waals surface area contributed by atoms with Crippen molar-refractivity contribution in [2.45, 2.75) is 52.6 Å². The standard InChI is InChI=1S/C28H34N6O2/c1-18-7-5-9-22(13-18)24-15-25(31-28(30-24)34-10-6-8-20(34)3)33-12-11-32(17-21(33)4)26-19(2)14-23(16-29-26)27(35)36/h5,7,9,13-16,20-21H,6,8,10-12,17H2,1-4H3,(H,35,36). The molecule has 0 saturated carbocycles. The van der Waals surface area contributed by atoms with Gasteiger partial charge in [0.15, 0.2) is 0 Å². The molecule has 3 aromatic rings. The molecule has 5 rings (SSSR count).